The van der Waals surface area contributed by atoms with E-state index in [0.717, 1.165) is 32.0 Å². The van der Waals surface area contributed by atoms with Crippen LogP contribution in [-0.4, -0.2) is 33.5 Å². The number of hydrogen-bond acceptors (Lipinski definition) is 3. The SMILES string of the molecule is COCCOCCCNCc1cccc(C2CC2)c1. The molecule has 0 aliphatic heterocycles. The summed E-state index contributed by atoms with van der Waals surface area (Å²) in [4.78, 5) is 0. The highest BCUT2D eigenvalue weighted by atomic mass is 16.5. The van der Waals surface area contributed by atoms with Crippen molar-refractivity contribution >= 4 is 0 Å². The maximum absolute atomic E-state index is 5.42. The molecule has 0 saturated heterocycles. The lowest BCUT2D eigenvalue weighted by Crippen LogP contribution is -2.17. The second-order valence-electron chi connectivity index (χ2n) is 5.15. The topological polar surface area (TPSA) is 30.5 Å². The van der Waals surface area contributed by atoms with Crippen LogP contribution in [0, 0.1) is 0 Å². The first kappa shape index (κ1) is 14.5. The van der Waals surface area contributed by atoms with Crippen LogP contribution in [0.15, 0.2) is 24.3 Å². The van der Waals surface area contributed by atoms with Gasteiger partial charge >= 0.3 is 0 Å². The van der Waals surface area contributed by atoms with Crippen LogP contribution in [0.5, 0.6) is 0 Å². The molecule has 1 saturated carbocycles. The molecule has 106 valence electrons. The van der Waals surface area contributed by atoms with E-state index in [9.17, 15) is 0 Å². The zero-order valence-corrected chi connectivity index (χ0v) is 11.9. The zero-order chi connectivity index (χ0) is 13.3. The first-order chi connectivity index (χ1) is 9.40. The molecule has 0 unspecified atom stereocenters. The van der Waals surface area contributed by atoms with Crippen molar-refractivity contribution in [3.63, 3.8) is 0 Å². The summed E-state index contributed by atoms with van der Waals surface area (Å²) in [6.07, 6.45) is 3.79. The van der Waals surface area contributed by atoms with Gasteiger partial charge in [0.25, 0.3) is 0 Å². The zero-order valence-electron chi connectivity index (χ0n) is 11.9. The third kappa shape index (κ3) is 5.72. The summed E-state index contributed by atoms with van der Waals surface area (Å²) >= 11 is 0. The molecule has 3 heteroatoms. The molecular formula is C16H25NO2. The molecule has 3 nitrogen and oxygen atoms in total. The molecule has 0 spiro atoms. The Hall–Kier alpha value is -0.900. The first-order valence-electron chi connectivity index (χ1n) is 7.26. The van der Waals surface area contributed by atoms with Crippen LogP contribution >= 0.6 is 0 Å². The first-order valence-corrected chi connectivity index (χ1v) is 7.26. The molecule has 0 aromatic heterocycles. The Balaban J connectivity index is 1.54. The van der Waals surface area contributed by atoms with Crippen molar-refractivity contribution in [1.82, 2.24) is 5.32 Å². The summed E-state index contributed by atoms with van der Waals surface area (Å²) in [5, 5.41) is 3.47. The van der Waals surface area contributed by atoms with Gasteiger partial charge in [0.2, 0.25) is 0 Å². The lowest BCUT2D eigenvalue weighted by atomic mass is 10.1. The van der Waals surface area contributed by atoms with Gasteiger partial charge in [-0.25, -0.2) is 0 Å². The lowest BCUT2D eigenvalue weighted by molar-refractivity contribution is 0.0695. The molecule has 0 bridgehead atoms. The standard InChI is InChI=1S/C16H25NO2/c1-18-10-11-19-9-3-8-17-13-14-4-2-5-16(12-14)15-6-7-15/h2,4-5,12,15,17H,3,6-11,13H2,1H3. The van der Waals surface area contributed by atoms with Gasteiger partial charge in [-0.15, -0.1) is 0 Å². The second kappa shape index (κ2) is 8.31. The van der Waals surface area contributed by atoms with E-state index in [1.165, 1.54) is 24.0 Å². The molecule has 0 heterocycles. The third-order valence-electron chi connectivity index (χ3n) is 3.40. The van der Waals surface area contributed by atoms with Crippen LogP contribution in [0.1, 0.15) is 36.3 Å². The predicted molar refractivity (Wildman–Crippen MR) is 77.4 cm³/mol. The summed E-state index contributed by atoms with van der Waals surface area (Å²) in [5.41, 5.74) is 2.91. The van der Waals surface area contributed by atoms with Crippen molar-refractivity contribution in [2.75, 3.05) is 33.5 Å². The van der Waals surface area contributed by atoms with E-state index in [0.29, 0.717) is 13.2 Å². The summed E-state index contributed by atoms with van der Waals surface area (Å²) in [5.74, 6) is 0.842. The third-order valence-corrected chi connectivity index (χ3v) is 3.40. The van der Waals surface area contributed by atoms with E-state index in [1.807, 2.05) is 0 Å². The van der Waals surface area contributed by atoms with Crippen LogP contribution in [-0.2, 0) is 16.0 Å². The minimum absolute atomic E-state index is 0.682. The largest absolute Gasteiger partial charge is 0.382 e. The maximum Gasteiger partial charge on any atom is 0.0700 e. The average molecular weight is 263 g/mol. The number of hydrogen-bond donors (Lipinski definition) is 1. The molecule has 0 atom stereocenters. The minimum atomic E-state index is 0.682. The van der Waals surface area contributed by atoms with Gasteiger partial charge in [-0.1, -0.05) is 24.3 Å². The fourth-order valence-electron chi connectivity index (χ4n) is 2.15. The summed E-state index contributed by atoms with van der Waals surface area (Å²) in [6, 6.07) is 8.98. The Kier molecular flexibility index (Phi) is 6.34. The molecule has 1 N–H and O–H groups in total. The Morgan fingerprint density at radius 1 is 1.21 bits per heavy atom. The van der Waals surface area contributed by atoms with Gasteiger partial charge in [0.1, 0.15) is 0 Å². The van der Waals surface area contributed by atoms with Crippen LogP contribution in [0.3, 0.4) is 0 Å². The molecule has 0 amide bonds. The van der Waals surface area contributed by atoms with E-state index in [-0.39, 0.29) is 0 Å². The quantitative estimate of drug-likeness (QED) is 0.658. The van der Waals surface area contributed by atoms with E-state index >= 15 is 0 Å². The second-order valence-corrected chi connectivity index (χ2v) is 5.15. The Morgan fingerprint density at radius 2 is 2.11 bits per heavy atom. The molecule has 0 radical (unpaired) electrons. The van der Waals surface area contributed by atoms with Crippen molar-refractivity contribution < 1.29 is 9.47 Å². The van der Waals surface area contributed by atoms with Crippen molar-refractivity contribution in [2.24, 2.45) is 0 Å². The van der Waals surface area contributed by atoms with Crippen molar-refractivity contribution in [1.29, 1.82) is 0 Å². The van der Waals surface area contributed by atoms with E-state index in [2.05, 4.69) is 29.6 Å². The van der Waals surface area contributed by atoms with Crippen LogP contribution in [0.2, 0.25) is 0 Å². The fraction of sp³-hybridized carbons (Fsp3) is 0.625. The molecule has 1 aliphatic carbocycles. The van der Waals surface area contributed by atoms with Crippen LogP contribution < -0.4 is 5.32 Å². The number of benzene rings is 1. The normalized spacial score (nSPS) is 14.8. The molecule has 1 aliphatic rings. The van der Waals surface area contributed by atoms with E-state index in [1.54, 1.807) is 7.11 Å². The highest BCUT2D eigenvalue weighted by molar-refractivity contribution is 5.28. The highest BCUT2D eigenvalue weighted by Gasteiger charge is 2.23. The molecular weight excluding hydrogens is 238 g/mol. The van der Waals surface area contributed by atoms with Crippen LogP contribution in [0.4, 0.5) is 0 Å². The Bertz CT molecular complexity index is 364. The van der Waals surface area contributed by atoms with E-state index in [4.69, 9.17) is 9.47 Å². The van der Waals surface area contributed by atoms with Gasteiger partial charge in [0.05, 0.1) is 13.2 Å². The average Bonchev–Trinajstić information content (AvgIpc) is 3.27. The minimum Gasteiger partial charge on any atom is -0.382 e. The van der Waals surface area contributed by atoms with Crippen molar-refractivity contribution in [3.8, 4) is 0 Å². The maximum atomic E-state index is 5.42. The van der Waals surface area contributed by atoms with Gasteiger partial charge < -0.3 is 14.8 Å². The molecule has 1 aromatic rings. The summed E-state index contributed by atoms with van der Waals surface area (Å²) in [6.45, 7) is 4.14. The van der Waals surface area contributed by atoms with Gasteiger partial charge in [0.15, 0.2) is 0 Å². The highest BCUT2D eigenvalue weighted by Crippen LogP contribution is 2.40. The smallest absolute Gasteiger partial charge is 0.0700 e. The van der Waals surface area contributed by atoms with Gasteiger partial charge in [-0.3, -0.25) is 0 Å². The van der Waals surface area contributed by atoms with E-state index < -0.39 is 0 Å². The Labute approximate surface area is 116 Å². The summed E-state index contributed by atoms with van der Waals surface area (Å²) < 4.78 is 10.3. The fourth-order valence-corrected chi connectivity index (χ4v) is 2.15. The number of methoxy groups -OCH3 is 1. The monoisotopic (exact) mass is 263 g/mol. The van der Waals surface area contributed by atoms with Crippen LogP contribution in [0.25, 0.3) is 0 Å². The predicted octanol–water partition coefficient (Wildman–Crippen LogP) is 2.71. The van der Waals surface area contributed by atoms with Crippen molar-refractivity contribution in [2.45, 2.75) is 31.7 Å². The summed E-state index contributed by atoms with van der Waals surface area (Å²) in [7, 11) is 1.70. The molecule has 1 aromatic carbocycles. The lowest BCUT2D eigenvalue weighted by Gasteiger charge is -2.07. The van der Waals surface area contributed by atoms with Gasteiger partial charge in [-0.05, 0) is 42.9 Å². The number of rotatable bonds is 10. The number of nitrogens with one attached hydrogen (secondary N) is 1. The van der Waals surface area contributed by atoms with Gasteiger partial charge in [0, 0.05) is 20.3 Å². The van der Waals surface area contributed by atoms with Crippen molar-refractivity contribution in [3.05, 3.63) is 35.4 Å². The Morgan fingerprint density at radius 3 is 2.89 bits per heavy atom. The van der Waals surface area contributed by atoms with Gasteiger partial charge in [-0.2, -0.15) is 0 Å². The molecule has 1 fully saturated rings. The molecule has 2 rings (SSSR count). The molecule has 19 heavy (non-hydrogen) atoms. The number of ether oxygens (including phenoxy) is 2.